The number of nitrogens with one attached hydrogen (secondary N) is 2. The molecule has 10 N–H and O–H groups in total. The SMILES string of the molecule is C[C@H]1OP(=O)(O)OCC2OC(n3cnc4c(=O)[nH]c(N)nc43)C(O)[C@H]2OP(=O)(O)OC[C@@H]1OC(CO)n1cnc2c(=O)[nH]c(N)nc21. The van der Waals surface area contributed by atoms with Gasteiger partial charge in [0.05, 0.1) is 38.6 Å². The fourth-order valence-electron chi connectivity index (χ4n) is 5.01. The van der Waals surface area contributed by atoms with E-state index in [2.05, 4.69) is 29.9 Å². The number of imidazole rings is 2. The van der Waals surface area contributed by atoms with E-state index in [0.29, 0.717) is 0 Å². The van der Waals surface area contributed by atoms with Gasteiger partial charge in [0, 0.05) is 0 Å². The number of phosphoric acid groups is 2. The summed E-state index contributed by atoms with van der Waals surface area (Å²) < 4.78 is 60.7. The number of hydrogen-bond acceptors (Lipinski definition) is 18. The Morgan fingerprint density at radius 1 is 1.00 bits per heavy atom. The first-order valence-corrected chi connectivity index (χ1v) is 16.5. The summed E-state index contributed by atoms with van der Waals surface area (Å²) in [5, 5.41) is 21.3. The average Bonchev–Trinajstić information content (AvgIpc) is 3.67. The van der Waals surface area contributed by atoms with Gasteiger partial charge >= 0.3 is 15.6 Å². The van der Waals surface area contributed by atoms with Crippen molar-refractivity contribution < 1.29 is 56.7 Å². The van der Waals surface area contributed by atoms with Gasteiger partial charge in [-0.2, -0.15) is 9.97 Å². The van der Waals surface area contributed by atoms with Gasteiger partial charge in [-0.1, -0.05) is 0 Å². The van der Waals surface area contributed by atoms with Crippen LogP contribution in [0.4, 0.5) is 11.9 Å². The van der Waals surface area contributed by atoms with Crippen molar-refractivity contribution in [2.75, 3.05) is 31.3 Å². The molecule has 24 nitrogen and oxygen atoms in total. The number of aromatic nitrogens is 8. The molecule has 0 saturated carbocycles. The predicted octanol–water partition coefficient (Wildman–Crippen LogP) is -2.41. The zero-order valence-corrected chi connectivity index (χ0v) is 25.7. The maximum atomic E-state index is 13.1. The predicted molar refractivity (Wildman–Crippen MR) is 153 cm³/mol. The van der Waals surface area contributed by atoms with E-state index in [9.17, 15) is 38.7 Å². The molecule has 47 heavy (non-hydrogen) atoms. The van der Waals surface area contributed by atoms with Gasteiger partial charge in [-0.15, -0.1) is 0 Å². The highest BCUT2D eigenvalue weighted by atomic mass is 31.2. The molecule has 0 radical (unpaired) electrons. The molecule has 26 heteroatoms. The van der Waals surface area contributed by atoms with Crippen molar-refractivity contribution in [1.29, 1.82) is 0 Å². The van der Waals surface area contributed by atoms with E-state index >= 15 is 0 Å². The van der Waals surface area contributed by atoms with Crippen molar-refractivity contribution in [2.24, 2.45) is 0 Å². The van der Waals surface area contributed by atoms with Crippen LogP contribution >= 0.6 is 15.6 Å². The molecule has 4 aromatic heterocycles. The summed E-state index contributed by atoms with van der Waals surface area (Å²) in [4.78, 5) is 66.0. The van der Waals surface area contributed by atoms with Gasteiger partial charge in [-0.25, -0.2) is 19.1 Å². The number of phosphoric ester groups is 2. The van der Waals surface area contributed by atoms with Crippen LogP contribution in [0, 0.1) is 0 Å². The van der Waals surface area contributed by atoms with Gasteiger partial charge in [-0.3, -0.25) is 46.8 Å². The van der Waals surface area contributed by atoms with Crippen molar-refractivity contribution in [3.63, 3.8) is 0 Å². The minimum absolute atomic E-state index is 0.0933. The van der Waals surface area contributed by atoms with Gasteiger partial charge in [0.1, 0.15) is 24.4 Å². The number of nitrogen functional groups attached to an aromatic ring is 2. The van der Waals surface area contributed by atoms with Gasteiger partial charge in [0.2, 0.25) is 11.9 Å². The Bertz CT molecular complexity index is 2010. The van der Waals surface area contributed by atoms with Gasteiger partial charge in [0.15, 0.2) is 34.8 Å². The number of nitrogens with two attached hydrogens (primary N) is 2. The van der Waals surface area contributed by atoms with Crippen molar-refractivity contribution in [2.45, 2.75) is 49.9 Å². The molecular formula is C21H28N10O14P2. The molecule has 256 valence electrons. The molecule has 2 saturated heterocycles. The number of hydrogen-bond donors (Lipinski definition) is 8. The monoisotopic (exact) mass is 706 g/mol. The molecular weight excluding hydrogens is 678 g/mol. The number of aliphatic hydroxyl groups excluding tert-OH is 2. The number of aromatic amines is 2. The first-order chi connectivity index (χ1) is 22.2. The Kier molecular flexibility index (Phi) is 8.80. The average molecular weight is 706 g/mol. The molecule has 0 bridgehead atoms. The first kappa shape index (κ1) is 33.3. The Balaban J connectivity index is 1.27. The van der Waals surface area contributed by atoms with Crippen LogP contribution in [0.15, 0.2) is 22.2 Å². The number of fused-ring (bicyclic) bond motifs is 3. The van der Waals surface area contributed by atoms with Crippen molar-refractivity contribution >= 4 is 49.9 Å². The molecule has 6 rings (SSSR count). The van der Waals surface area contributed by atoms with Crippen LogP contribution in [0.5, 0.6) is 0 Å². The molecule has 2 aliphatic heterocycles. The van der Waals surface area contributed by atoms with Crippen molar-refractivity contribution in [3.05, 3.63) is 33.4 Å². The van der Waals surface area contributed by atoms with Crippen LogP contribution in [0.3, 0.4) is 0 Å². The Hall–Kier alpha value is -3.64. The molecule has 0 aromatic carbocycles. The van der Waals surface area contributed by atoms with E-state index in [-0.39, 0.29) is 34.2 Å². The largest absolute Gasteiger partial charge is 0.472 e. The minimum Gasteiger partial charge on any atom is -0.392 e. The molecule has 9 atom stereocenters. The van der Waals surface area contributed by atoms with E-state index in [1.165, 1.54) is 6.92 Å². The standard InChI is InChI=1S/C21H28N10O14P2/c1-7-8(42-10(2-32)30-5-24-11-15(30)26-20(22)28-17(11)34)3-40-47(38,39)45-14-9(4-41-46(36,37)44-7)43-19(13(14)33)31-6-25-12-16(31)27-21(23)29-18(12)35/h5-10,13-14,19,32-33H,2-4H2,1H3,(H,36,37)(H,38,39)(H3,22,26,28,34)(H3,23,27,29,35)/t7-,8+,9?,10?,13?,14+,19?/m1/s1. The summed E-state index contributed by atoms with van der Waals surface area (Å²) >= 11 is 0. The fourth-order valence-corrected chi connectivity index (χ4v) is 6.92. The summed E-state index contributed by atoms with van der Waals surface area (Å²) in [5.74, 6) is -0.545. The van der Waals surface area contributed by atoms with E-state index in [4.69, 9.17) is 39.0 Å². The smallest absolute Gasteiger partial charge is 0.392 e. The number of ether oxygens (including phenoxy) is 2. The van der Waals surface area contributed by atoms with Crippen molar-refractivity contribution in [1.82, 2.24) is 39.0 Å². The lowest BCUT2D eigenvalue weighted by atomic mass is 10.1. The van der Waals surface area contributed by atoms with Crippen LogP contribution in [0.25, 0.3) is 22.3 Å². The van der Waals surface area contributed by atoms with Crippen LogP contribution in [0.1, 0.15) is 19.4 Å². The van der Waals surface area contributed by atoms with E-state index in [0.717, 1.165) is 21.8 Å². The maximum absolute atomic E-state index is 13.1. The molecule has 0 spiro atoms. The molecule has 2 fully saturated rings. The zero-order valence-electron chi connectivity index (χ0n) is 23.9. The van der Waals surface area contributed by atoms with Crippen molar-refractivity contribution in [3.8, 4) is 0 Å². The van der Waals surface area contributed by atoms with Crippen LogP contribution < -0.4 is 22.6 Å². The van der Waals surface area contributed by atoms with Crippen LogP contribution in [0.2, 0.25) is 0 Å². The lowest BCUT2D eigenvalue weighted by Gasteiger charge is -2.31. The number of nitrogens with zero attached hydrogens (tertiary/aromatic N) is 6. The van der Waals surface area contributed by atoms with Crippen LogP contribution in [-0.2, 0) is 36.7 Å². The van der Waals surface area contributed by atoms with Gasteiger partial charge < -0.3 is 40.9 Å². The number of anilines is 2. The third kappa shape index (κ3) is 6.59. The third-order valence-electron chi connectivity index (χ3n) is 7.17. The molecule has 6 unspecified atom stereocenters. The topological polar surface area (TPSA) is 350 Å². The lowest BCUT2D eigenvalue weighted by Crippen LogP contribution is -2.39. The highest BCUT2D eigenvalue weighted by molar-refractivity contribution is 7.47. The number of rotatable bonds is 5. The molecule has 2 aliphatic rings. The number of aliphatic hydroxyl groups is 2. The Morgan fingerprint density at radius 3 is 2.28 bits per heavy atom. The number of H-pyrrole nitrogens is 2. The summed E-state index contributed by atoms with van der Waals surface area (Å²) in [6.07, 6.45) is -8.63. The first-order valence-electron chi connectivity index (χ1n) is 13.5. The second kappa shape index (κ2) is 12.4. The summed E-state index contributed by atoms with van der Waals surface area (Å²) in [5.41, 5.74) is 9.36. The van der Waals surface area contributed by atoms with Gasteiger partial charge in [-0.05, 0) is 6.92 Å². The molecule has 6 heterocycles. The molecule has 0 aliphatic carbocycles. The maximum Gasteiger partial charge on any atom is 0.472 e. The highest BCUT2D eigenvalue weighted by Crippen LogP contribution is 2.52. The normalized spacial score (nSPS) is 33.0. The summed E-state index contributed by atoms with van der Waals surface area (Å²) in [7, 11) is -10.1. The highest BCUT2D eigenvalue weighted by Gasteiger charge is 2.51. The Labute approximate surface area is 260 Å². The molecule has 0 amide bonds. The summed E-state index contributed by atoms with van der Waals surface area (Å²) in [6.45, 7) is -1.22. The lowest BCUT2D eigenvalue weighted by molar-refractivity contribution is -0.133. The van der Waals surface area contributed by atoms with E-state index in [1.54, 1.807) is 0 Å². The quantitative estimate of drug-likeness (QED) is 0.100. The Morgan fingerprint density at radius 2 is 1.60 bits per heavy atom. The van der Waals surface area contributed by atoms with E-state index in [1.807, 2.05) is 0 Å². The van der Waals surface area contributed by atoms with Gasteiger partial charge in [0.25, 0.3) is 11.1 Å². The third-order valence-corrected chi connectivity index (χ3v) is 9.22. The minimum atomic E-state index is -5.11. The summed E-state index contributed by atoms with van der Waals surface area (Å²) in [6, 6.07) is 0. The van der Waals surface area contributed by atoms with E-state index < -0.39 is 89.6 Å². The fraction of sp³-hybridized carbons (Fsp3) is 0.524. The zero-order chi connectivity index (χ0) is 33.8. The second-order valence-electron chi connectivity index (χ2n) is 10.3. The second-order valence-corrected chi connectivity index (χ2v) is 13.1. The van der Waals surface area contributed by atoms with Crippen LogP contribution in [-0.4, -0.2) is 109 Å². The molecule has 4 aromatic rings.